The predicted octanol–water partition coefficient (Wildman–Crippen LogP) is 2.74. The molecule has 0 atom stereocenters. The Balaban J connectivity index is 2.47. The third-order valence-corrected chi connectivity index (χ3v) is 3.77. The van der Waals surface area contributed by atoms with Crippen LogP contribution in [0.5, 0.6) is 0 Å². The van der Waals surface area contributed by atoms with Gasteiger partial charge in [0.05, 0.1) is 0 Å². The van der Waals surface area contributed by atoms with Gasteiger partial charge in [0.25, 0.3) is 0 Å². The van der Waals surface area contributed by atoms with Crippen molar-refractivity contribution in [2.75, 3.05) is 20.1 Å². The molecule has 18 heavy (non-hydrogen) atoms. The predicted molar refractivity (Wildman–Crippen MR) is 80.4 cm³/mol. The van der Waals surface area contributed by atoms with E-state index in [0.717, 1.165) is 19.5 Å². The summed E-state index contributed by atoms with van der Waals surface area (Å²) >= 11 is 0. The molecule has 0 saturated heterocycles. The third kappa shape index (κ3) is 4.43. The van der Waals surface area contributed by atoms with Gasteiger partial charge in [-0.15, -0.1) is 0 Å². The van der Waals surface area contributed by atoms with Crippen LogP contribution in [0.4, 0.5) is 0 Å². The summed E-state index contributed by atoms with van der Waals surface area (Å²) in [4.78, 5) is 0. The van der Waals surface area contributed by atoms with Gasteiger partial charge in [-0.3, -0.25) is 0 Å². The largest absolute Gasteiger partial charge is 0.315 e. The Kier molecular flexibility index (Phi) is 5.36. The lowest BCUT2D eigenvalue weighted by molar-refractivity contribution is 0.395. The number of aryl methyl sites for hydroxylation is 3. The Hall–Kier alpha value is -0.860. The maximum Gasteiger partial charge on any atom is 0.0246 e. The van der Waals surface area contributed by atoms with E-state index in [9.17, 15) is 0 Å². The Morgan fingerprint density at radius 1 is 1.00 bits per heavy atom. The molecule has 2 N–H and O–H groups in total. The zero-order valence-corrected chi connectivity index (χ0v) is 12.8. The van der Waals surface area contributed by atoms with Gasteiger partial charge in [0.2, 0.25) is 0 Å². The number of hydrogen-bond donors (Lipinski definition) is 2. The van der Waals surface area contributed by atoms with E-state index in [1.807, 2.05) is 7.05 Å². The van der Waals surface area contributed by atoms with E-state index in [0.29, 0.717) is 0 Å². The second kappa shape index (κ2) is 6.35. The van der Waals surface area contributed by atoms with Crippen LogP contribution in [0.3, 0.4) is 0 Å². The second-order valence-electron chi connectivity index (χ2n) is 5.92. The van der Waals surface area contributed by atoms with Crippen LogP contribution in [-0.2, 0) is 6.42 Å². The summed E-state index contributed by atoms with van der Waals surface area (Å²) in [6, 6.07) is 4.62. The average molecular weight is 248 g/mol. The summed E-state index contributed by atoms with van der Waals surface area (Å²) in [5, 5.41) is 6.83. The molecule has 0 saturated carbocycles. The molecule has 0 radical (unpaired) electrons. The van der Waals surface area contributed by atoms with E-state index in [1.165, 1.54) is 22.3 Å². The smallest absolute Gasteiger partial charge is 0.0246 e. The van der Waals surface area contributed by atoms with E-state index in [4.69, 9.17) is 0 Å². The highest BCUT2D eigenvalue weighted by Crippen LogP contribution is 2.15. The van der Waals surface area contributed by atoms with E-state index in [2.05, 4.69) is 57.4 Å². The summed E-state index contributed by atoms with van der Waals surface area (Å²) in [5.41, 5.74) is 5.82. The third-order valence-electron chi connectivity index (χ3n) is 3.77. The lowest BCUT2D eigenvalue weighted by Crippen LogP contribution is -2.46. The molecule has 0 aromatic heterocycles. The molecule has 0 amide bonds. The van der Waals surface area contributed by atoms with Gasteiger partial charge >= 0.3 is 0 Å². The van der Waals surface area contributed by atoms with Crippen LogP contribution in [0.1, 0.15) is 36.1 Å². The molecular weight excluding hydrogens is 220 g/mol. The molecule has 2 nitrogen and oxygen atoms in total. The highest BCUT2D eigenvalue weighted by Gasteiger charge is 2.13. The van der Waals surface area contributed by atoms with Crippen molar-refractivity contribution in [2.24, 2.45) is 0 Å². The molecule has 1 rings (SSSR count). The highest BCUT2D eigenvalue weighted by molar-refractivity contribution is 5.36. The van der Waals surface area contributed by atoms with Gasteiger partial charge in [-0.2, -0.15) is 0 Å². The van der Waals surface area contributed by atoms with Crippen molar-refractivity contribution in [3.8, 4) is 0 Å². The monoisotopic (exact) mass is 248 g/mol. The molecule has 102 valence electrons. The zero-order valence-electron chi connectivity index (χ0n) is 12.8. The number of hydrogen-bond acceptors (Lipinski definition) is 2. The van der Waals surface area contributed by atoms with Crippen LogP contribution < -0.4 is 10.6 Å². The SMILES string of the molecule is CNC(C)(C)CNCCc1cc(C)c(C)cc1C. The Labute approximate surface area is 112 Å². The normalized spacial score (nSPS) is 11.9. The quantitative estimate of drug-likeness (QED) is 0.756. The fraction of sp³-hybridized carbons (Fsp3) is 0.625. The minimum atomic E-state index is 0.165. The highest BCUT2D eigenvalue weighted by atomic mass is 15.0. The number of rotatable bonds is 6. The number of nitrogens with one attached hydrogen (secondary N) is 2. The maximum absolute atomic E-state index is 3.52. The Morgan fingerprint density at radius 2 is 1.61 bits per heavy atom. The van der Waals surface area contributed by atoms with Gasteiger partial charge < -0.3 is 10.6 Å². The average Bonchev–Trinajstić information content (AvgIpc) is 2.31. The molecular formula is C16H28N2. The standard InChI is InChI=1S/C16H28N2/c1-12-9-14(3)15(10-13(12)2)7-8-18-11-16(4,5)17-6/h9-10,17-18H,7-8,11H2,1-6H3. The van der Waals surface area contributed by atoms with E-state index in [-0.39, 0.29) is 5.54 Å². The van der Waals surface area contributed by atoms with Gasteiger partial charge in [-0.25, -0.2) is 0 Å². The molecule has 0 heterocycles. The molecule has 0 fully saturated rings. The van der Waals surface area contributed by atoms with E-state index < -0.39 is 0 Å². The summed E-state index contributed by atoms with van der Waals surface area (Å²) in [5.74, 6) is 0. The van der Waals surface area contributed by atoms with Crippen LogP contribution in [0.15, 0.2) is 12.1 Å². The molecule has 0 spiro atoms. The minimum absolute atomic E-state index is 0.165. The van der Waals surface area contributed by atoms with Gasteiger partial charge in [-0.05, 0) is 76.9 Å². The van der Waals surface area contributed by atoms with Crippen molar-refractivity contribution in [1.82, 2.24) is 10.6 Å². The first-order valence-corrected chi connectivity index (χ1v) is 6.82. The molecule has 0 aliphatic carbocycles. The zero-order chi connectivity index (χ0) is 13.8. The van der Waals surface area contributed by atoms with Crippen molar-refractivity contribution in [1.29, 1.82) is 0 Å². The summed E-state index contributed by atoms with van der Waals surface area (Å²) in [6.07, 6.45) is 1.10. The second-order valence-corrected chi connectivity index (χ2v) is 5.92. The fourth-order valence-corrected chi connectivity index (χ4v) is 2.00. The lowest BCUT2D eigenvalue weighted by Gasteiger charge is -2.24. The van der Waals surface area contributed by atoms with Gasteiger partial charge in [0, 0.05) is 12.1 Å². The summed E-state index contributed by atoms with van der Waals surface area (Å²) in [6.45, 7) is 13.0. The molecule has 0 unspecified atom stereocenters. The van der Waals surface area contributed by atoms with Crippen LogP contribution in [0, 0.1) is 20.8 Å². The number of likely N-dealkylation sites (N-methyl/N-ethyl adjacent to an activating group) is 1. The summed E-state index contributed by atoms with van der Waals surface area (Å²) in [7, 11) is 2.01. The maximum atomic E-state index is 3.52. The van der Waals surface area contributed by atoms with Crippen molar-refractivity contribution >= 4 is 0 Å². The molecule has 1 aromatic carbocycles. The molecule has 2 heteroatoms. The lowest BCUT2D eigenvalue weighted by atomic mass is 9.98. The van der Waals surface area contributed by atoms with E-state index >= 15 is 0 Å². The Morgan fingerprint density at radius 3 is 2.22 bits per heavy atom. The fourth-order valence-electron chi connectivity index (χ4n) is 2.00. The molecule has 0 bridgehead atoms. The van der Waals surface area contributed by atoms with Crippen molar-refractivity contribution < 1.29 is 0 Å². The first kappa shape index (κ1) is 15.2. The van der Waals surface area contributed by atoms with Gasteiger partial charge in [0.15, 0.2) is 0 Å². The van der Waals surface area contributed by atoms with E-state index in [1.54, 1.807) is 0 Å². The van der Waals surface area contributed by atoms with Crippen molar-refractivity contribution in [2.45, 2.75) is 46.6 Å². The van der Waals surface area contributed by atoms with Crippen LogP contribution >= 0.6 is 0 Å². The minimum Gasteiger partial charge on any atom is -0.315 e. The number of benzene rings is 1. The topological polar surface area (TPSA) is 24.1 Å². The van der Waals surface area contributed by atoms with Crippen molar-refractivity contribution in [3.63, 3.8) is 0 Å². The first-order valence-electron chi connectivity index (χ1n) is 6.82. The van der Waals surface area contributed by atoms with Crippen molar-refractivity contribution in [3.05, 3.63) is 34.4 Å². The molecule has 0 aliphatic rings. The van der Waals surface area contributed by atoms with Gasteiger partial charge in [-0.1, -0.05) is 12.1 Å². The summed E-state index contributed by atoms with van der Waals surface area (Å²) < 4.78 is 0. The van der Waals surface area contributed by atoms with Crippen LogP contribution in [0.25, 0.3) is 0 Å². The van der Waals surface area contributed by atoms with Crippen LogP contribution in [-0.4, -0.2) is 25.7 Å². The first-order chi connectivity index (χ1) is 8.35. The molecule has 1 aromatic rings. The van der Waals surface area contributed by atoms with Crippen LogP contribution in [0.2, 0.25) is 0 Å². The molecule has 0 aliphatic heterocycles. The van der Waals surface area contributed by atoms with Gasteiger partial charge in [0.1, 0.15) is 0 Å². The Bertz CT molecular complexity index is 394.